The van der Waals surface area contributed by atoms with E-state index in [-0.39, 0.29) is 11.2 Å². The molecular formula is C17H18FNO. The fourth-order valence-electron chi connectivity index (χ4n) is 2.54. The van der Waals surface area contributed by atoms with Crippen molar-refractivity contribution >= 4 is 5.69 Å². The summed E-state index contributed by atoms with van der Waals surface area (Å²) in [5.41, 5.74) is 2.04. The first-order valence-electron chi connectivity index (χ1n) is 6.86. The Hall–Kier alpha value is -2.03. The Bertz CT molecular complexity index is 593. The molecule has 0 amide bonds. The van der Waals surface area contributed by atoms with Gasteiger partial charge in [0.05, 0.1) is 12.8 Å². The first-order valence-corrected chi connectivity index (χ1v) is 6.86. The summed E-state index contributed by atoms with van der Waals surface area (Å²) in [6.45, 7) is 0.764. The largest absolute Gasteiger partial charge is 0.497 e. The topological polar surface area (TPSA) is 21.3 Å². The Morgan fingerprint density at radius 1 is 1.15 bits per heavy atom. The summed E-state index contributed by atoms with van der Waals surface area (Å²) < 4.78 is 18.9. The van der Waals surface area contributed by atoms with Crippen LogP contribution in [-0.2, 0) is 5.41 Å². The molecule has 0 atom stereocenters. The molecule has 1 aliphatic rings. The minimum atomic E-state index is -0.270. The molecule has 0 radical (unpaired) electrons. The smallest absolute Gasteiger partial charge is 0.149 e. The third-order valence-electron chi connectivity index (χ3n) is 4.03. The van der Waals surface area contributed by atoms with Crippen LogP contribution in [0.1, 0.15) is 18.4 Å². The molecule has 2 aromatic rings. The van der Waals surface area contributed by atoms with Crippen LogP contribution in [0.3, 0.4) is 0 Å². The lowest BCUT2D eigenvalue weighted by Crippen LogP contribution is -2.20. The molecule has 0 heterocycles. The van der Waals surface area contributed by atoms with Crippen LogP contribution in [0, 0.1) is 5.82 Å². The van der Waals surface area contributed by atoms with Gasteiger partial charge in [-0.3, -0.25) is 0 Å². The normalized spacial score (nSPS) is 15.7. The van der Waals surface area contributed by atoms with E-state index >= 15 is 0 Å². The first-order chi connectivity index (χ1) is 9.73. The number of hydrogen-bond acceptors (Lipinski definition) is 2. The molecule has 20 heavy (non-hydrogen) atoms. The second-order valence-corrected chi connectivity index (χ2v) is 5.35. The molecule has 1 N–H and O–H groups in total. The highest BCUT2D eigenvalue weighted by Crippen LogP contribution is 2.48. The maximum atomic E-state index is 13.9. The molecule has 0 unspecified atom stereocenters. The quantitative estimate of drug-likeness (QED) is 0.888. The number of rotatable bonds is 5. The molecule has 2 aromatic carbocycles. The fourth-order valence-corrected chi connectivity index (χ4v) is 2.54. The maximum absolute atomic E-state index is 13.9. The number of anilines is 1. The SMILES string of the molecule is COc1ccc(NCC2(c3ccccc3)CC2)c(F)c1. The summed E-state index contributed by atoms with van der Waals surface area (Å²) in [7, 11) is 1.54. The van der Waals surface area contributed by atoms with Gasteiger partial charge in [-0.2, -0.15) is 0 Å². The average Bonchev–Trinajstić information content (AvgIpc) is 3.28. The van der Waals surface area contributed by atoms with E-state index in [0.717, 1.165) is 19.4 Å². The van der Waals surface area contributed by atoms with E-state index < -0.39 is 0 Å². The number of ether oxygens (including phenoxy) is 1. The number of methoxy groups -OCH3 is 1. The van der Waals surface area contributed by atoms with Gasteiger partial charge in [0.15, 0.2) is 0 Å². The van der Waals surface area contributed by atoms with E-state index in [1.165, 1.54) is 18.7 Å². The Morgan fingerprint density at radius 3 is 2.50 bits per heavy atom. The van der Waals surface area contributed by atoms with E-state index in [2.05, 4.69) is 29.6 Å². The van der Waals surface area contributed by atoms with Crippen molar-refractivity contribution in [3.05, 3.63) is 59.9 Å². The molecule has 1 fully saturated rings. The van der Waals surface area contributed by atoms with Crippen LogP contribution in [0.25, 0.3) is 0 Å². The van der Waals surface area contributed by atoms with Gasteiger partial charge in [0.2, 0.25) is 0 Å². The van der Waals surface area contributed by atoms with Gasteiger partial charge in [0, 0.05) is 18.0 Å². The molecule has 0 aliphatic heterocycles. The van der Waals surface area contributed by atoms with Gasteiger partial charge in [-0.1, -0.05) is 30.3 Å². The van der Waals surface area contributed by atoms with Gasteiger partial charge in [-0.25, -0.2) is 4.39 Å². The molecule has 0 saturated heterocycles. The van der Waals surface area contributed by atoms with Crippen molar-refractivity contribution < 1.29 is 9.13 Å². The van der Waals surface area contributed by atoms with Gasteiger partial charge < -0.3 is 10.1 Å². The Labute approximate surface area is 118 Å². The summed E-state index contributed by atoms with van der Waals surface area (Å²) >= 11 is 0. The van der Waals surface area contributed by atoms with Crippen LogP contribution in [0.4, 0.5) is 10.1 Å². The molecule has 104 valence electrons. The first kappa shape index (κ1) is 13.0. The third kappa shape index (κ3) is 2.48. The highest BCUT2D eigenvalue weighted by Gasteiger charge is 2.43. The number of halogens is 1. The minimum absolute atomic E-state index is 0.174. The van der Waals surface area contributed by atoms with Gasteiger partial charge >= 0.3 is 0 Å². The summed E-state index contributed by atoms with van der Waals surface area (Å²) in [6, 6.07) is 15.4. The fraction of sp³-hybridized carbons (Fsp3) is 0.294. The van der Waals surface area contributed by atoms with Crippen LogP contribution in [-0.4, -0.2) is 13.7 Å². The van der Waals surface area contributed by atoms with E-state index in [1.54, 1.807) is 12.1 Å². The average molecular weight is 271 g/mol. The van der Waals surface area contributed by atoms with Gasteiger partial charge in [0.1, 0.15) is 11.6 Å². The Kier molecular flexibility index (Phi) is 3.35. The van der Waals surface area contributed by atoms with E-state index in [1.807, 2.05) is 6.07 Å². The van der Waals surface area contributed by atoms with Gasteiger partial charge in [0.25, 0.3) is 0 Å². The van der Waals surface area contributed by atoms with Crippen LogP contribution in [0.15, 0.2) is 48.5 Å². The zero-order valence-electron chi connectivity index (χ0n) is 11.5. The van der Waals surface area contributed by atoms with E-state index in [4.69, 9.17) is 4.74 Å². The number of benzene rings is 2. The van der Waals surface area contributed by atoms with Crippen molar-refractivity contribution in [3.63, 3.8) is 0 Å². The molecule has 3 rings (SSSR count). The maximum Gasteiger partial charge on any atom is 0.149 e. The molecule has 3 heteroatoms. The lowest BCUT2D eigenvalue weighted by Gasteiger charge is -2.18. The highest BCUT2D eigenvalue weighted by molar-refractivity contribution is 5.49. The molecular weight excluding hydrogens is 253 g/mol. The Morgan fingerprint density at radius 2 is 1.90 bits per heavy atom. The van der Waals surface area contributed by atoms with Crippen molar-refractivity contribution in [1.82, 2.24) is 0 Å². The monoisotopic (exact) mass is 271 g/mol. The van der Waals surface area contributed by atoms with E-state index in [0.29, 0.717) is 11.4 Å². The highest BCUT2D eigenvalue weighted by atomic mass is 19.1. The van der Waals surface area contributed by atoms with Crippen LogP contribution in [0.2, 0.25) is 0 Å². The second-order valence-electron chi connectivity index (χ2n) is 5.35. The molecule has 1 aliphatic carbocycles. The predicted molar refractivity (Wildman–Crippen MR) is 78.8 cm³/mol. The van der Waals surface area contributed by atoms with E-state index in [9.17, 15) is 4.39 Å². The van der Waals surface area contributed by atoms with Crippen LogP contribution >= 0.6 is 0 Å². The second kappa shape index (κ2) is 5.16. The minimum Gasteiger partial charge on any atom is -0.497 e. The predicted octanol–water partition coefficient (Wildman–Crippen LogP) is 3.98. The molecule has 0 bridgehead atoms. The van der Waals surface area contributed by atoms with Crippen molar-refractivity contribution in [2.24, 2.45) is 0 Å². The zero-order valence-corrected chi connectivity index (χ0v) is 11.5. The zero-order chi connectivity index (χ0) is 14.0. The standard InChI is InChI=1S/C17H18FNO/c1-20-14-7-8-16(15(18)11-14)19-12-17(9-10-17)13-5-3-2-4-6-13/h2-8,11,19H,9-10,12H2,1H3. The van der Waals surface area contributed by atoms with Gasteiger partial charge in [-0.15, -0.1) is 0 Å². The van der Waals surface area contributed by atoms with Crippen molar-refractivity contribution in [2.45, 2.75) is 18.3 Å². The lowest BCUT2D eigenvalue weighted by molar-refractivity contribution is 0.411. The molecule has 2 nitrogen and oxygen atoms in total. The number of nitrogens with one attached hydrogen (secondary N) is 1. The van der Waals surface area contributed by atoms with Crippen LogP contribution in [0.5, 0.6) is 5.75 Å². The van der Waals surface area contributed by atoms with Crippen LogP contribution < -0.4 is 10.1 Å². The summed E-state index contributed by atoms with van der Waals surface area (Å²) in [5, 5.41) is 3.23. The van der Waals surface area contributed by atoms with Crippen molar-refractivity contribution in [2.75, 3.05) is 19.0 Å². The van der Waals surface area contributed by atoms with Gasteiger partial charge in [-0.05, 0) is 30.5 Å². The summed E-state index contributed by atoms with van der Waals surface area (Å²) in [6.07, 6.45) is 2.31. The third-order valence-corrected chi connectivity index (χ3v) is 4.03. The van der Waals surface area contributed by atoms with Crippen molar-refractivity contribution in [3.8, 4) is 5.75 Å². The molecule has 0 aromatic heterocycles. The molecule has 0 spiro atoms. The number of hydrogen-bond donors (Lipinski definition) is 1. The lowest BCUT2D eigenvalue weighted by atomic mass is 9.96. The summed E-state index contributed by atoms with van der Waals surface area (Å²) in [5.74, 6) is 0.269. The molecule has 1 saturated carbocycles. The Balaban J connectivity index is 1.71. The van der Waals surface area contributed by atoms with Crippen molar-refractivity contribution in [1.29, 1.82) is 0 Å². The summed E-state index contributed by atoms with van der Waals surface area (Å²) in [4.78, 5) is 0.